The van der Waals surface area contributed by atoms with Crippen LogP contribution in [0.2, 0.25) is 0 Å². The number of hydrogen-bond donors (Lipinski definition) is 0. The Kier molecular flexibility index (Phi) is 6.91. The molecule has 180 valence electrons. The van der Waals surface area contributed by atoms with Gasteiger partial charge in [-0.1, -0.05) is 37.2 Å². The van der Waals surface area contributed by atoms with Crippen LogP contribution >= 0.6 is 0 Å². The largest absolute Gasteiger partial charge is 0.486 e. The molecule has 0 unspecified atom stereocenters. The molecule has 1 aliphatic rings. The van der Waals surface area contributed by atoms with Crippen molar-refractivity contribution in [2.24, 2.45) is 11.3 Å². The van der Waals surface area contributed by atoms with Crippen molar-refractivity contribution in [1.29, 1.82) is 0 Å². The SMILES string of the molecule is CC1(C)[C@H](Cc2cc(COc3ccccc3)on2)C[C@@H]1N(Cc1ccncc1)Cc1ccncc1. The second-order valence-corrected chi connectivity index (χ2v) is 9.98. The lowest BCUT2D eigenvalue weighted by atomic mass is 9.56. The maximum Gasteiger partial charge on any atom is 0.174 e. The summed E-state index contributed by atoms with van der Waals surface area (Å²) in [4.78, 5) is 11.0. The topological polar surface area (TPSA) is 64.3 Å². The fraction of sp³-hybridized carbons (Fsp3) is 0.345. The summed E-state index contributed by atoms with van der Waals surface area (Å²) >= 11 is 0. The summed E-state index contributed by atoms with van der Waals surface area (Å²) < 4.78 is 11.4. The first-order chi connectivity index (χ1) is 17.1. The number of pyridine rings is 2. The van der Waals surface area contributed by atoms with Gasteiger partial charge in [-0.15, -0.1) is 0 Å². The van der Waals surface area contributed by atoms with E-state index in [9.17, 15) is 0 Å². The number of rotatable bonds is 10. The summed E-state index contributed by atoms with van der Waals surface area (Å²) in [7, 11) is 0. The van der Waals surface area contributed by atoms with Crippen molar-refractivity contribution in [2.75, 3.05) is 0 Å². The lowest BCUT2D eigenvalue weighted by Crippen LogP contribution is -2.58. The van der Waals surface area contributed by atoms with Gasteiger partial charge in [0, 0.05) is 50.0 Å². The van der Waals surface area contributed by atoms with E-state index in [0.29, 0.717) is 18.6 Å². The lowest BCUT2D eigenvalue weighted by Gasteiger charge is -2.56. The van der Waals surface area contributed by atoms with E-state index >= 15 is 0 Å². The molecule has 0 saturated heterocycles. The minimum Gasteiger partial charge on any atom is -0.486 e. The van der Waals surface area contributed by atoms with Crippen LogP contribution in [-0.2, 0) is 26.1 Å². The fourth-order valence-corrected chi connectivity index (χ4v) is 5.12. The quantitative estimate of drug-likeness (QED) is 0.297. The highest BCUT2D eigenvalue weighted by molar-refractivity contribution is 5.21. The number of aromatic nitrogens is 3. The van der Waals surface area contributed by atoms with Gasteiger partial charge >= 0.3 is 0 Å². The highest BCUT2D eigenvalue weighted by Crippen LogP contribution is 2.51. The number of para-hydroxylation sites is 1. The maximum absolute atomic E-state index is 5.80. The molecule has 4 aromatic rings. The average molecular weight is 469 g/mol. The van der Waals surface area contributed by atoms with E-state index in [4.69, 9.17) is 9.26 Å². The maximum atomic E-state index is 5.80. The van der Waals surface area contributed by atoms with Gasteiger partial charge in [0.1, 0.15) is 12.4 Å². The summed E-state index contributed by atoms with van der Waals surface area (Å²) in [5, 5.41) is 4.34. The minimum atomic E-state index is 0.152. The molecule has 2 atom stereocenters. The van der Waals surface area contributed by atoms with Gasteiger partial charge in [0.2, 0.25) is 0 Å². The van der Waals surface area contributed by atoms with Crippen LogP contribution in [0.25, 0.3) is 0 Å². The molecule has 5 rings (SSSR count). The van der Waals surface area contributed by atoms with Crippen molar-refractivity contribution in [1.82, 2.24) is 20.0 Å². The van der Waals surface area contributed by atoms with Crippen molar-refractivity contribution < 1.29 is 9.26 Å². The van der Waals surface area contributed by atoms with Crippen molar-refractivity contribution >= 4 is 0 Å². The zero-order valence-electron chi connectivity index (χ0n) is 20.4. The van der Waals surface area contributed by atoms with E-state index in [1.165, 1.54) is 11.1 Å². The third kappa shape index (κ3) is 5.60. The van der Waals surface area contributed by atoms with E-state index in [0.717, 1.165) is 43.1 Å². The van der Waals surface area contributed by atoms with Crippen LogP contribution in [0.4, 0.5) is 0 Å². The Hall–Kier alpha value is -3.51. The molecule has 35 heavy (non-hydrogen) atoms. The fourth-order valence-electron chi connectivity index (χ4n) is 5.12. The lowest BCUT2D eigenvalue weighted by molar-refractivity contribution is -0.0711. The standard InChI is InChI=1S/C29H32N4O2/c1-29(2)24(16-25-18-27(35-32-25)21-34-26-6-4-3-5-7-26)17-28(29)33(19-22-8-12-30-13-9-22)20-23-10-14-31-15-11-23/h3-15,18,24,28H,16-17,19-21H2,1-2H3/t24-,28+/m1/s1. The molecule has 0 spiro atoms. The Morgan fingerprint density at radius 1 is 0.914 bits per heavy atom. The summed E-state index contributed by atoms with van der Waals surface area (Å²) in [5.74, 6) is 2.13. The van der Waals surface area contributed by atoms with Crippen molar-refractivity contribution in [3.05, 3.63) is 108 Å². The number of nitrogens with zero attached hydrogens (tertiary/aromatic N) is 4. The van der Waals surface area contributed by atoms with Crippen LogP contribution in [0.5, 0.6) is 5.75 Å². The van der Waals surface area contributed by atoms with Gasteiger partial charge in [0.15, 0.2) is 5.76 Å². The van der Waals surface area contributed by atoms with Crippen LogP contribution in [0.1, 0.15) is 42.8 Å². The summed E-state index contributed by atoms with van der Waals surface area (Å²) in [6, 6.07) is 20.7. The molecular formula is C29H32N4O2. The Balaban J connectivity index is 1.23. The molecule has 3 aromatic heterocycles. The van der Waals surface area contributed by atoms with Gasteiger partial charge in [-0.05, 0) is 71.7 Å². The van der Waals surface area contributed by atoms with E-state index in [1.807, 2.05) is 61.2 Å². The van der Waals surface area contributed by atoms with E-state index in [1.54, 1.807) is 0 Å². The Morgan fingerprint density at radius 2 is 1.54 bits per heavy atom. The highest BCUT2D eigenvalue weighted by atomic mass is 16.5. The van der Waals surface area contributed by atoms with E-state index < -0.39 is 0 Å². The van der Waals surface area contributed by atoms with Crippen molar-refractivity contribution in [2.45, 2.75) is 52.4 Å². The van der Waals surface area contributed by atoms with Crippen LogP contribution in [0.15, 0.2) is 90.0 Å². The molecule has 0 radical (unpaired) electrons. The van der Waals surface area contributed by atoms with Gasteiger partial charge in [0.05, 0.1) is 5.69 Å². The van der Waals surface area contributed by atoms with Crippen LogP contribution in [0.3, 0.4) is 0 Å². The first kappa shape index (κ1) is 23.2. The molecule has 1 aliphatic carbocycles. The predicted molar refractivity (Wildman–Crippen MR) is 134 cm³/mol. The highest BCUT2D eigenvalue weighted by Gasteiger charge is 2.50. The molecule has 1 fully saturated rings. The van der Waals surface area contributed by atoms with Crippen molar-refractivity contribution in [3.63, 3.8) is 0 Å². The first-order valence-corrected chi connectivity index (χ1v) is 12.2. The van der Waals surface area contributed by atoms with Gasteiger partial charge < -0.3 is 9.26 Å². The molecule has 0 amide bonds. The molecule has 6 nitrogen and oxygen atoms in total. The molecule has 0 N–H and O–H groups in total. The third-order valence-electron chi connectivity index (χ3n) is 7.32. The molecule has 0 bridgehead atoms. The third-order valence-corrected chi connectivity index (χ3v) is 7.32. The van der Waals surface area contributed by atoms with Gasteiger partial charge in [-0.2, -0.15) is 0 Å². The Morgan fingerprint density at radius 3 is 2.14 bits per heavy atom. The smallest absolute Gasteiger partial charge is 0.174 e. The van der Waals surface area contributed by atoms with E-state index in [-0.39, 0.29) is 5.41 Å². The molecule has 3 heterocycles. The van der Waals surface area contributed by atoms with Crippen LogP contribution < -0.4 is 4.74 Å². The normalized spacial score (nSPS) is 18.8. The second kappa shape index (κ2) is 10.4. The first-order valence-electron chi connectivity index (χ1n) is 12.2. The molecular weight excluding hydrogens is 436 g/mol. The average Bonchev–Trinajstić information content (AvgIpc) is 3.34. The predicted octanol–water partition coefficient (Wildman–Crippen LogP) is 5.70. The van der Waals surface area contributed by atoms with E-state index in [2.05, 4.69) is 58.1 Å². The Labute approximate surface area is 207 Å². The summed E-state index contributed by atoms with van der Waals surface area (Å²) in [6.07, 6.45) is 9.54. The van der Waals surface area contributed by atoms with Crippen LogP contribution in [-0.4, -0.2) is 26.1 Å². The monoisotopic (exact) mass is 468 g/mol. The molecule has 0 aliphatic heterocycles. The summed E-state index contributed by atoms with van der Waals surface area (Å²) in [6.45, 7) is 6.96. The Bertz CT molecular complexity index is 1150. The van der Waals surface area contributed by atoms with Gasteiger partial charge in [-0.3, -0.25) is 14.9 Å². The second-order valence-electron chi connectivity index (χ2n) is 9.98. The zero-order valence-corrected chi connectivity index (χ0v) is 20.4. The number of benzene rings is 1. The molecule has 6 heteroatoms. The number of ether oxygens (including phenoxy) is 1. The zero-order chi connectivity index (χ0) is 24.1. The number of hydrogen-bond acceptors (Lipinski definition) is 6. The molecule has 1 aromatic carbocycles. The molecule has 1 saturated carbocycles. The van der Waals surface area contributed by atoms with Gasteiger partial charge in [0.25, 0.3) is 0 Å². The van der Waals surface area contributed by atoms with Crippen LogP contribution in [0, 0.1) is 11.3 Å². The summed E-state index contributed by atoms with van der Waals surface area (Å²) in [5.41, 5.74) is 3.73. The van der Waals surface area contributed by atoms with Gasteiger partial charge in [-0.25, -0.2) is 0 Å². The minimum absolute atomic E-state index is 0.152. The van der Waals surface area contributed by atoms with Crippen molar-refractivity contribution in [3.8, 4) is 5.75 Å².